The number of hydrogen-bond acceptors (Lipinski definition) is 1. The molecule has 90 valence electrons. The molecule has 0 aliphatic rings. The molecule has 0 aliphatic carbocycles. The van der Waals surface area contributed by atoms with Gasteiger partial charge < -0.3 is 4.57 Å². The lowest BCUT2D eigenvalue weighted by molar-refractivity contribution is 0.997. The lowest BCUT2D eigenvalue weighted by atomic mass is 10.1. The molecule has 18 heavy (non-hydrogen) atoms. The Morgan fingerprint density at radius 1 is 1.00 bits per heavy atom. The van der Waals surface area contributed by atoms with Gasteiger partial charge in [0.2, 0.25) is 0 Å². The van der Waals surface area contributed by atoms with Crippen LogP contribution in [-0.2, 0) is 13.5 Å². The summed E-state index contributed by atoms with van der Waals surface area (Å²) in [6.07, 6.45) is 0.983. The molecule has 0 saturated carbocycles. The van der Waals surface area contributed by atoms with E-state index in [9.17, 15) is 4.79 Å². The number of aryl methyl sites for hydroxylation is 2. The summed E-state index contributed by atoms with van der Waals surface area (Å²) >= 11 is 0. The van der Waals surface area contributed by atoms with Gasteiger partial charge in [-0.3, -0.25) is 4.79 Å². The summed E-state index contributed by atoms with van der Waals surface area (Å²) in [5, 5.41) is 1.59. The van der Waals surface area contributed by atoms with Crippen LogP contribution in [0.3, 0.4) is 0 Å². The normalized spacial score (nSPS) is 11.2. The number of rotatable bonds is 1. The maximum Gasteiger partial charge on any atom is 0.197 e. The van der Waals surface area contributed by atoms with E-state index in [1.165, 1.54) is 5.56 Å². The molecule has 0 fully saturated rings. The number of aromatic nitrogens is 1. The molecule has 1 aromatic heterocycles. The minimum atomic E-state index is 0.126. The van der Waals surface area contributed by atoms with Crippen molar-refractivity contribution in [1.29, 1.82) is 0 Å². The Hall–Kier alpha value is -2.09. The number of fused-ring (bicyclic) bond motifs is 2. The SMILES string of the molecule is CCc1ccc2c(=O)c3ccccc3n(C)c2c1. The highest BCUT2D eigenvalue weighted by atomic mass is 16.1. The van der Waals surface area contributed by atoms with Crippen LogP contribution in [0.1, 0.15) is 12.5 Å². The molecule has 0 atom stereocenters. The largest absolute Gasteiger partial charge is 0.343 e. The Bertz CT molecular complexity index is 799. The molecule has 0 spiro atoms. The summed E-state index contributed by atoms with van der Waals surface area (Å²) in [6, 6.07) is 13.9. The maximum atomic E-state index is 12.4. The first kappa shape index (κ1) is 11.0. The van der Waals surface area contributed by atoms with Crippen molar-refractivity contribution < 1.29 is 0 Å². The summed E-state index contributed by atoms with van der Waals surface area (Å²) in [5.74, 6) is 0. The Balaban J connectivity index is 2.58. The third kappa shape index (κ3) is 1.46. The Kier molecular flexibility index (Phi) is 2.44. The Morgan fingerprint density at radius 2 is 1.72 bits per heavy atom. The van der Waals surface area contributed by atoms with Crippen LogP contribution in [0.15, 0.2) is 47.3 Å². The van der Waals surface area contributed by atoms with E-state index in [0.717, 1.165) is 28.2 Å². The molecule has 0 aliphatic heterocycles. The molecule has 3 aromatic rings. The van der Waals surface area contributed by atoms with Crippen LogP contribution < -0.4 is 5.43 Å². The van der Waals surface area contributed by atoms with Crippen molar-refractivity contribution in [2.24, 2.45) is 7.05 Å². The van der Waals surface area contributed by atoms with E-state index >= 15 is 0 Å². The van der Waals surface area contributed by atoms with Crippen molar-refractivity contribution >= 4 is 21.8 Å². The monoisotopic (exact) mass is 237 g/mol. The third-order valence-corrected chi connectivity index (χ3v) is 3.59. The summed E-state index contributed by atoms with van der Waals surface area (Å²) in [5.41, 5.74) is 3.38. The van der Waals surface area contributed by atoms with Crippen LogP contribution in [0.25, 0.3) is 21.8 Å². The van der Waals surface area contributed by atoms with Gasteiger partial charge in [-0.15, -0.1) is 0 Å². The van der Waals surface area contributed by atoms with Gasteiger partial charge in [0.25, 0.3) is 0 Å². The minimum Gasteiger partial charge on any atom is -0.343 e. The number of pyridine rings is 1. The van der Waals surface area contributed by atoms with Gasteiger partial charge in [-0.2, -0.15) is 0 Å². The highest BCUT2D eigenvalue weighted by Crippen LogP contribution is 2.19. The maximum absolute atomic E-state index is 12.4. The van der Waals surface area contributed by atoms with E-state index in [2.05, 4.69) is 17.6 Å². The van der Waals surface area contributed by atoms with Crippen molar-refractivity contribution in [2.45, 2.75) is 13.3 Å². The van der Waals surface area contributed by atoms with Gasteiger partial charge in [0, 0.05) is 17.8 Å². The van der Waals surface area contributed by atoms with Gasteiger partial charge in [0.05, 0.1) is 11.0 Å². The van der Waals surface area contributed by atoms with Gasteiger partial charge in [-0.1, -0.05) is 25.1 Å². The van der Waals surface area contributed by atoms with E-state index in [1.807, 2.05) is 43.4 Å². The average molecular weight is 237 g/mol. The molecule has 0 amide bonds. The second kappa shape index (κ2) is 3.98. The summed E-state index contributed by atoms with van der Waals surface area (Å²) in [4.78, 5) is 12.4. The van der Waals surface area contributed by atoms with Gasteiger partial charge in [-0.25, -0.2) is 0 Å². The summed E-state index contributed by atoms with van der Waals surface area (Å²) in [6.45, 7) is 2.13. The molecule has 3 rings (SSSR count). The Morgan fingerprint density at radius 3 is 2.50 bits per heavy atom. The minimum absolute atomic E-state index is 0.126. The van der Waals surface area contributed by atoms with Gasteiger partial charge in [0.1, 0.15) is 0 Å². The average Bonchev–Trinajstić information content (AvgIpc) is 2.44. The van der Waals surface area contributed by atoms with E-state index in [1.54, 1.807) is 0 Å². The molecule has 0 bridgehead atoms. The predicted octanol–water partition coefficient (Wildman–Crippen LogP) is 3.25. The van der Waals surface area contributed by atoms with Gasteiger partial charge in [-0.05, 0) is 36.2 Å². The molecule has 2 heteroatoms. The number of hydrogen-bond donors (Lipinski definition) is 0. The zero-order valence-corrected chi connectivity index (χ0v) is 10.6. The molecule has 1 heterocycles. The standard InChI is InChI=1S/C16H15NO/c1-3-11-8-9-13-15(10-11)17(2)14-7-5-4-6-12(14)16(13)18/h4-10H,3H2,1-2H3. The second-order valence-electron chi connectivity index (χ2n) is 4.61. The lowest BCUT2D eigenvalue weighted by Crippen LogP contribution is -2.09. The fourth-order valence-electron chi connectivity index (χ4n) is 2.50. The van der Waals surface area contributed by atoms with Gasteiger partial charge in [0.15, 0.2) is 5.43 Å². The highest BCUT2D eigenvalue weighted by Gasteiger charge is 2.08. The van der Waals surface area contributed by atoms with Crippen LogP contribution in [0.2, 0.25) is 0 Å². The molecule has 0 radical (unpaired) electrons. The van der Waals surface area contributed by atoms with Crippen LogP contribution in [-0.4, -0.2) is 4.57 Å². The first-order valence-corrected chi connectivity index (χ1v) is 6.22. The topological polar surface area (TPSA) is 22.0 Å². The zero-order chi connectivity index (χ0) is 12.7. The second-order valence-corrected chi connectivity index (χ2v) is 4.61. The van der Waals surface area contributed by atoms with E-state index in [4.69, 9.17) is 0 Å². The van der Waals surface area contributed by atoms with Crippen molar-refractivity contribution in [3.63, 3.8) is 0 Å². The Labute approximate surface area is 105 Å². The molecule has 0 N–H and O–H groups in total. The predicted molar refractivity (Wildman–Crippen MR) is 76.1 cm³/mol. The van der Waals surface area contributed by atoms with E-state index in [-0.39, 0.29) is 5.43 Å². The van der Waals surface area contributed by atoms with Gasteiger partial charge >= 0.3 is 0 Å². The highest BCUT2D eigenvalue weighted by molar-refractivity contribution is 5.93. The fraction of sp³-hybridized carbons (Fsp3) is 0.188. The van der Waals surface area contributed by atoms with Crippen LogP contribution >= 0.6 is 0 Å². The van der Waals surface area contributed by atoms with Crippen molar-refractivity contribution in [1.82, 2.24) is 4.57 Å². The quantitative estimate of drug-likeness (QED) is 0.595. The van der Waals surface area contributed by atoms with Crippen molar-refractivity contribution in [3.05, 3.63) is 58.3 Å². The van der Waals surface area contributed by atoms with Crippen molar-refractivity contribution in [3.8, 4) is 0 Å². The molecular weight excluding hydrogens is 222 g/mol. The summed E-state index contributed by atoms with van der Waals surface area (Å²) in [7, 11) is 2.02. The smallest absolute Gasteiger partial charge is 0.197 e. The molecular formula is C16H15NO. The van der Waals surface area contributed by atoms with E-state index in [0.29, 0.717) is 0 Å². The molecule has 2 nitrogen and oxygen atoms in total. The zero-order valence-electron chi connectivity index (χ0n) is 10.6. The molecule has 0 unspecified atom stereocenters. The van der Waals surface area contributed by atoms with Crippen LogP contribution in [0.5, 0.6) is 0 Å². The lowest BCUT2D eigenvalue weighted by Gasteiger charge is -2.11. The number of benzene rings is 2. The number of nitrogens with zero attached hydrogens (tertiary/aromatic N) is 1. The molecule has 0 saturated heterocycles. The number of para-hydroxylation sites is 1. The molecule has 2 aromatic carbocycles. The fourth-order valence-corrected chi connectivity index (χ4v) is 2.50. The first-order chi connectivity index (χ1) is 8.72. The van der Waals surface area contributed by atoms with Crippen molar-refractivity contribution in [2.75, 3.05) is 0 Å². The van der Waals surface area contributed by atoms with Crippen LogP contribution in [0.4, 0.5) is 0 Å². The third-order valence-electron chi connectivity index (χ3n) is 3.59. The summed E-state index contributed by atoms with van der Waals surface area (Å²) < 4.78 is 2.10. The van der Waals surface area contributed by atoms with Crippen LogP contribution in [0, 0.1) is 0 Å². The first-order valence-electron chi connectivity index (χ1n) is 6.22. The van der Waals surface area contributed by atoms with E-state index < -0.39 is 0 Å².